The highest BCUT2D eigenvalue weighted by molar-refractivity contribution is 6.30. The average Bonchev–Trinajstić information content (AvgIpc) is 3.15. The highest BCUT2D eigenvalue weighted by Gasteiger charge is 2.21. The van der Waals surface area contributed by atoms with Gasteiger partial charge in [0.25, 0.3) is 0 Å². The maximum Gasteiger partial charge on any atom is 0.246 e. The van der Waals surface area contributed by atoms with E-state index in [4.69, 9.17) is 16.3 Å². The van der Waals surface area contributed by atoms with Crippen LogP contribution in [0.1, 0.15) is 24.0 Å². The summed E-state index contributed by atoms with van der Waals surface area (Å²) in [7, 11) is 0. The molecule has 1 amide bonds. The van der Waals surface area contributed by atoms with Gasteiger partial charge in [-0.15, -0.1) is 0 Å². The van der Waals surface area contributed by atoms with Crippen LogP contribution < -0.4 is 0 Å². The molecule has 1 fully saturated rings. The molecule has 3 nitrogen and oxygen atoms in total. The van der Waals surface area contributed by atoms with E-state index in [0.717, 1.165) is 30.6 Å². The molecule has 3 rings (SSSR count). The molecule has 0 N–H and O–H groups in total. The minimum atomic E-state index is -0.295. The number of benzene rings is 2. The van der Waals surface area contributed by atoms with Crippen molar-refractivity contribution in [2.45, 2.75) is 25.5 Å². The molecule has 26 heavy (non-hydrogen) atoms. The van der Waals surface area contributed by atoms with Crippen LogP contribution >= 0.6 is 11.6 Å². The topological polar surface area (TPSA) is 29.5 Å². The molecule has 1 heterocycles. The van der Waals surface area contributed by atoms with Crippen molar-refractivity contribution in [3.63, 3.8) is 0 Å². The van der Waals surface area contributed by atoms with E-state index in [1.807, 2.05) is 24.3 Å². The van der Waals surface area contributed by atoms with Gasteiger partial charge in [-0.2, -0.15) is 0 Å². The Morgan fingerprint density at radius 1 is 1.19 bits per heavy atom. The molecule has 2 aromatic rings. The average molecular weight is 374 g/mol. The first kappa shape index (κ1) is 18.6. The number of halogens is 2. The Morgan fingerprint density at radius 3 is 2.58 bits per heavy atom. The van der Waals surface area contributed by atoms with Crippen molar-refractivity contribution >= 4 is 23.6 Å². The molecular weight excluding hydrogens is 353 g/mol. The largest absolute Gasteiger partial charge is 0.376 e. The number of carbonyl (C=O) groups is 1. The molecule has 0 radical (unpaired) electrons. The normalized spacial score (nSPS) is 16.9. The van der Waals surface area contributed by atoms with Gasteiger partial charge in [0.1, 0.15) is 5.82 Å². The molecule has 1 atom stereocenters. The van der Waals surface area contributed by atoms with Crippen molar-refractivity contribution in [2.75, 3.05) is 13.2 Å². The van der Waals surface area contributed by atoms with Crippen LogP contribution in [0, 0.1) is 5.82 Å². The Labute approximate surface area is 158 Å². The third-order valence-corrected chi connectivity index (χ3v) is 4.59. The van der Waals surface area contributed by atoms with E-state index in [1.165, 1.54) is 18.2 Å². The summed E-state index contributed by atoms with van der Waals surface area (Å²) in [6.07, 6.45) is 5.29. The number of rotatable bonds is 6. The van der Waals surface area contributed by atoms with Crippen molar-refractivity contribution in [1.29, 1.82) is 0 Å². The van der Waals surface area contributed by atoms with E-state index in [-0.39, 0.29) is 17.8 Å². The molecule has 0 unspecified atom stereocenters. The Morgan fingerprint density at radius 2 is 1.92 bits per heavy atom. The lowest BCUT2D eigenvalue weighted by molar-refractivity contribution is -0.128. The van der Waals surface area contributed by atoms with Crippen molar-refractivity contribution < 1.29 is 13.9 Å². The standard InChI is InChI=1S/C21H21ClFNO2/c22-18-8-3-17(4-9-18)14-24(15-20-2-1-13-26-20)21(25)12-7-16-5-10-19(23)11-6-16/h3-12,20H,1-2,13-15H2/b12-7+/t20-/m0/s1. The first-order valence-corrected chi connectivity index (χ1v) is 9.06. The molecule has 1 saturated heterocycles. The van der Waals surface area contributed by atoms with Gasteiger partial charge >= 0.3 is 0 Å². The Bertz CT molecular complexity index is 753. The summed E-state index contributed by atoms with van der Waals surface area (Å²) >= 11 is 5.94. The van der Waals surface area contributed by atoms with Crippen LogP contribution in [0.25, 0.3) is 6.08 Å². The maximum atomic E-state index is 13.0. The first-order valence-electron chi connectivity index (χ1n) is 8.69. The second kappa shape index (κ2) is 8.97. The lowest BCUT2D eigenvalue weighted by Gasteiger charge is -2.24. The highest BCUT2D eigenvalue weighted by Crippen LogP contribution is 2.17. The molecule has 5 heteroatoms. The van der Waals surface area contributed by atoms with Gasteiger partial charge in [-0.1, -0.05) is 35.9 Å². The number of ether oxygens (including phenoxy) is 1. The minimum absolute atomic E-state index is 0.0745. The molecule has 1 aliphatic rings. The van der Waals surface area contributed by atoms with Crippen LogP contribution in [0.2, 0.25) is 5.02 Å². The van der Waals surface area contributed by atoms with Gasteiger partial charge in [-0.05, 0) is 54.3 Å². The van der Waals surface area contributed by atoms with Gasteiger partial charge in [0.2, 0.25) is 5.91 Å². The fourth-order valence-electron chi connectivity index (χ4n) is 2.92. The fourth-order valence-corrected chi connectivity index (χ4v) is 3.05. The number of hydrogen-bond donors (Lipinski definition) is 0. The number of nitrogens with zero attached hydrogens (tertiary/aromatic N) is 1. The van der Waals surface area contributed by atoms with E-state index < -0.39 is 0 Å². The zero-order valence-corrected chi connectivity index (χ0v) is 15.2. The van der Waals surface area contributed by atoms with Crippen LogP contribution in [0.5, 0.6) is 0 Å². The molecule has 0 aromatic heterocycles. The SMILES string of the molecule is O=C(/C=C/c1ccc(F)cc1)N(Cc1ccc(Cl)cc1)C[C@@H]1CCCO1. The summed E-state index contributed by atoms with van der Waals surface area (Å²) in [5.74, 6) is -0.393. The summed E-state index contributed by atoms with van der Waals surface area (Å²) in [5.41, 5.74) is 1.79. The molecule has 0 bridgehead atoms. The second-order valence-electron chi connectivity index (χ2n) is 6.37. The van der Waals surface area contributed by atoms with Gasteiger partial charge < -0.3 is 9.64 Å². The van der Waals surface area contributed by atoms with Gasteiger partial charge in [0.05, 0.1) is 6.10 Å². The number of hydrogen-bond acceptors (Lipinski definition) is 2. The van der Waals surface area contributed by atoms with Gasteiger partial charge in [0, 0.05) is 30.8 Å². The van der Waals surface area contributed by atoms with Crippen molar-refractivity contribution in [3.05, 3.63) is 76.6 Å². The van der Waals surface area contributed by atoms with Crippen molar-refractivity contribution in [2.24, 2.45) is 0 Å². The molecule has 136 valence electrons. The van der Waals surface area contributed by atoms with Gasteiger partial charge in [0.15, 0.2) is 0 Å². The predicted molar refractivity (Wildman–Crippen MR) is 101 cm³/mol. The van der Waals surface area contributed by atoms with E-state index in [0.29, 0.717) is 18.1 Å². The summed E-state index contributed by atoms with van der Waals surface area (Å²) < 4.78 is 18.7. The summed E-state index contributed by atoms with van der Waals surface area (Å²) in [5, 5.41) is 0.668. The van der Waals surface area contributed by atoms with E-state index in [2.05, 4.69) is 0 Å². The van der Waals surface area contributed by atoms with Gasteiger partial charge in [-0.25, -0.2) is 4.39 Å². The van der Waals surface area contributed by atoms with Crippen LogP contribution in [0.4, 0.5) is 4.39 Å². The Balaban J connectivity index is 1.71. The monoisotopic (exact) mass is 373 g/mol. The summed E-state index contributed by atoms with van der Waals surface area (Å²) in [6, 6.07) is 13.5. The van der Waals surface area contributed by atoms with E-state index >= 15 is 0 Å². The van der Waals surface area contributed by atoms with E-state index in [1.54, 1.807) is 23.1 Å². The molecule has 2 aromatic carbocycles. The fraction of sp³-hybridized carbons (Fsp3) is 0.286. The van der Waals surface area contributed by atoms with Crippen LogP contribution in [0.15, 0.2) is 54.6 Å². The third-order valence-electron chi connectivity index (χ3n) is 4.33. The smallest absolute Gasteiger partial charge is 0.246 e. The van der Waals surface area contributed by atoms with Crippen molar-refractivity contribution in [3.8, 4) is 0 Å². The lowest BCUT2D eigenvalue weighted by Crippen LogP contribution is -2.35. The van der Waals surface area contributed by atoms with Crippen LogP contribution in [-0.4, -0.2) is 30.1 Å². The molecule has 0 aliphatic carbocycles. The zero-order valence-electron chi connectivity index (χ0n) is 14.4. The highest BCUT2D eigenvalue weighted by atomic mass is 35.5. The Kier molecular flexibility index (Phi) is 6.42. The Hall–Kier alpha value is -2.17. The van der Waals surface area contributed by atoms with Crippen LogP contribution in [-0.2, 0) is 16.1 Å². The summed E-state index contributed by atoms with van der Waals surface area (Å²) in [6.45, 7) is 1.79. The van der Waals surface area contributed by atoms with E-state index in [9.17, 15) is 9.18 Å². The molecule has 0 spiro atoms. The second-order valence-corrected chi connectivity index (χ2v) is 6.80. The lowest BCUT2D eigenvalue weighted by atomic mass is 10.1. The molecular formula is C21H21ClFNO2. The van der Waals surface area contributed by atoms with Crippen LogP contribution in [0.3, 0.4) is 0 Å². The molecule has 1 aliphatic heterocycles. The maximum absolute atomic E-state index is 13.0. The number of amides is 1. The third kappa shape index (κ3) is 5.41. The minimum Gasteiger partial charge on any atom is -0.376 e. The first-order chi connectivity index (χ1) is 12.6. The molecule has 0 saturated carbocycles. The zero-order chi connectivity index (χ0) is 18.4. The van der Waals surface area contributed by atoms with Gasteiger partial charge in [-0.3, -0.25) is 4.79 Å². The number of carbonyl (C=O) groups excluding carboxylic acids is 1. The van der Waals surface area contributed by atoms with Crippen molar-refractivity contribution in [1.82, 2.24) is 4.90 Å². The quantitative estimate of drug-likeness (QED) is 0.687. The predicted octanol–water partition coefficient (Wildman–Crippen LogP) is 4.70. The summed E-state index contributed by atoms with van der Waals surface area (Å²) in [4.78, 5) is 14.5.